The predicted octanol–water partition coefficient (Wildman–Crippen LogP) is 3.35. The van der Waals surface area contributed by atoms with E-state index in [0.717, 1.165) is 18.7 Å². The second kappa shape index (κ2) is 8.97. The summed E-state index contributed by atoms with van der Waals surface area (Å²) in [6.07, 6.45) is 3.13. The first-order valence-electron chi connectivity index (χ1n) is 8.73. The largest absolute Gasteiger partial charge is 0.371 e. The minimum atomic E-state index is -0.318. The van der Waals surface area contributed by atoms with E-state index in [-0.39, 0.29) is 30.2 Å². The second-order valence-corrected chi connectivity index (χ2v) is 6.29. The topological polar surface area (TPSA) is 68.2 Å². The molecule has 2 aromatic carbocycles. The van der Waals surface area contributed by atoms with Crippen LogP contribution in [0, 0.1) is 5.82 Å². The average molecular weight is 403 g/mol. The Kier molecular flexibility index (Phi) is 6.41. The van der Waals surface area contributed by atoms with Crippen molar-refractivity contribution in [1.82, 2.24) is 15.1 Å². The van der Waals surface area contributed by atoms with Gasteiger partial charge >= 0.3 is 0 Å². The lowest BCUT2D eigenvalue weighted by Gasteiger charge is -2.24. The molecule has 0 spiro atoms. The van der Waals surface area contributed by atoms with Gasteiger partial charge in [-0.05, 0) is 42.0 Å². The van der Waals surface area contributed by atoms with Gasteiger partial charge in [0.25, 0.3) is 5.91 Å². The highest BCUT2D eigenvalue weighted by atomic mass is 35.5. The molecule has 8 heteroatoms. The number of ether oxygens (including phenoxy) is 1. The van der Waals surface area contributed by atoms with E-state index in [2.05, 4.69) is 15.7 Å². The summed E-state index contributed by atoms with van der Waals surface area (Å²) in [7, 11) is 0. The van der Waals surface area contributed by atoms with E-state index in [1.165, 1.54) is 23.0 Å². The lowest BCUT2D eigenvalue weighted by molar-refractivity contribution is 0.0277. The van der Waals surface area contributed by atoms with E-state index in [9.17, 15) is 9.18 Å². The standard InChI is InChI=1S/C20H19FN4O2.ClH/c21-16-3-7-18(8-4-16)25-13-15(11-23-25)20(26)24-17-5-1-14(2-6-17)19-12-22-9-10-27-19;/h1-8,11,13,19,22H,9-10,12H2,(H,24,26);1H. The first-order valence-corrected chi connectivity index (χ1v) is 8.73. The Bertz CT molecular complexity index is 922. The first kappa shape index (κ1) is 20.0. The lowest BCUT2D eigenvalue weighted by atomic mass is 10.1. The molecule has 1 amide bonds. The predicted molar refractivity (Wildman–Crippen MR) is 107 cm³/mol. The van der Waals surface area contributed by atoms with Gasteiger partial charge in [-0.2, -0.15) is 5.10 Å². The Labute approximate surface area is 168 Å². The Balaban J connectivity index is 0.00000225. The van der Waals surface area contributed by atoms with Crippen molar-refractivity contribution in [2.24, 2.45) is 0 Å². The minimum absolute atomic E-state index is 0. The van der Waals surface area contributed by atoms with E-state index < -0.39 is 0 Å². The molecular weight excluding hydrogens is 383 g/mol. The molecule has 146 valence electrons. The quantitative estimate of drug-likeness (QED) is 0.702. The molecule has 1 aliphatic rings. The third-order valence-corrected chi connectivity index (χ3v) is 4.40. The summed E-state index contributed by atoms with van der Waals surface area (Å²) in [6.45, 7) is 2.35. The Morgan fingerprint density at radius 3 is 2.61 bits per heavy atom. The smallest absolute Gasteiger partial charge is 0.258 e. The van der Waals surface area contributed by atoms with Crippen molar-refractivity contribution in [3.8, 4) is 5.69 Å². The molecule has 1 fully saturated rings. The summed E-state index contributed by atoms with van der Waals surface area (Å²) in [5, 5.41) is 10.3. The Morgan fingerprint density at radius 1 is 1.18 bits per heavy atom. The van der Waals surface area contributed by atoms with Crippen LogP contribution in [-0.2, 0) is 4.74 Å². The van der Waals surface area contributed by atoms with E-state index in [0.29, 0.717) is 23.5 Å². The summed E-state index contributed by atoms with van der Waals surface area (Å²) in [6, 6.07) is 13.5. The number of aromatic nitrogens is 2. The van der Waals surface area contributed by atoms with Gasteiger partial charge in [0.15, 0.2) is 0 Å². The van der Waals surface area contributed by atoms with Crippen molar-refractivity contribution in [2.75, 3.05) is 25.0 Å². The number of anilines is 1. The van der Waals surface area contributed by atoms with Gasteiger partial charge in [0.1, 0.15) is 5.82 Å². The maximum atomic E-state index is 13.0. The minimum Gasteiger partial charge on any atom is -0.371 e. The summed E-state index contributed by atoms with van der Waals surface area (Å²) in [5.74, 6) is -0.576. The Morgan fingerprint density at radius 2 is 1.93 bits per heavy atom. The molecule has 0 radical (unpaired) electrons. The van der Waals surface area contributed by atoms with Gasteiger partial charge in [0, 0.05) is 25.0 Å². The highest BCUT2D eigenvalue weighted by Gasteiger charge is 2.16. The molecule has 1 unspecified atom stereocenters. The molecular formula is C20H20ClFN4O2. The van der Waals surface area contributed by atoms with Gasteiger partial charge in [-0.15, -0.1) is 12.4 Å². The SMILES string of the molecule is Cl.O=C(Nc1ccc(C2CNCCO2)cc1)c1cnn(-c2ccc(F)cc2)c1. The molecule has 4 rings (SSSR count). The molecule has 0 saturated carbocycles. The number of morpholine rings is 1. The van der Waals surface area contributed by atoms with Crippen LogP contribution in [0.2, 0.25) is 0 Å². The molecule has 0 bridgehead atoms. The van der Waals surface area contributed by atoms with Crippen LogP contribution in [0.4, 0.5) is 10.1 Å². The molecule has 1 saturated heterocycles. The van der Waals surface area contributed by atoms with Crippen LogP contribution in [0.15, 0.2) is 60.9 Å². The number of carbonyl (C=O) groups excluding carboxylic acids is 1. The van der Waals surface area contributed by atoms with Gasteiger partial charge in [-0.25, -0.2) is 9.07 Å². The van der Waals surface area contributed by atoms with Gasteiger partial charge < -0.3 is 15.4 Å². The van der Waals surface area contributed by atoms with Crippen molar-refractivity contribution in [3.63, 3.8) is 0 Å². The molecule has 1 aliphatic heterocycles. The van der Waals surface area contributed by atoms with Crippen molar-refractivity contribution >= 4 is 24.0 Å². The van der Waals surface area contributed by atoms with Crippen molar-refractivity contribution in [3.05, 3.63) is 77.9 Å². The molecule has 1 atom stereocenters. The van der Waals surface area contributed by atoms with E-state index in [1.54, 1.807) is 18.3 Å². The molecule has 1 aromatic heterocycles. The number of rotatable bonds is 4. The third-order valence-electron chi connectivity index (χ3n) is 4.40. The summed E-state index contributed by atoms with van der Waals surface area (Å²) >= 11 is 0. The molecule has 0 aliphatic carbocycles. The average Bonchev–Trinajstić information content (AvgIpc) is 3.20. The van der Waals surface area contributed by atoms with Crippen LogP contribution >= 0.6 is 12.4 Å². The molecule has 28 heavy (non-hydrogen) atoms. The number of amides is 1. The fourth-order valence-electron chi connectivity index (χ4n) is 2.94. The second-order valence-electron chi connectivity index (χ2n) is 6.29. The zero-order chi connectivity index (χ0) is 18.6. The third kappa shape index (κ3) is 4.56. The van der Waals surface area contributed by atoms with E-state index in [1.807, 2.05) is 24.3 Å². The zero-order valence-corrected chi connectivity index (χ0v) is 15.8. The van der Waals surface area contributed by atoms with Crippen molar-refractivity contribution in [2.45, 2.75) is 6.10 Å². The number of benzene rings is 2. The van der Waals surface area contributed by atoms with Crippen LogP contribution < -0.4 is 10.6 Å². The van der Waals surface area contributed by atoms with Gasteiger partial charge in [0.2, 0.25) is 0 Å². The number of nitrogens with zero attached hydrogens (tertiary/aromatic N) is 2. The fraction of sp³-hybridized carbons (Fsp3) is 0.200. The monoisotopic (exact) mass is 402 g/mol. The van der Waals surface area contributed by atoms with Crippen LogP contribution in [0.25, 0.3) is 5.69 Å². The lowest BCUT2D eigenvalue weighted by Crippen LogP contribution is -2.33. The fourth-order valence-corrected chi connectivity index (χ4v) is 2.94. The summed E-state index contributed by atoms with van der Waals surface area (Å²) < 4.78 is 20.3. The summed E-state index contributed by atoms with van der Waals surface area (Å²) in [5.41, 5.74) is 2.87. The number of hydrogen-bond donors (Lipinski definition) is 2. The van der Waals surface area contributed by atoms with Gasteiger partial charge in [-0.1, -0.05) is 12.1 Å². The maximum Gasteiger partial charge on any atom is 0.258 e. The Hall–Kier alpha value is -2.74. The van der Waals surface area contributed by atoms with Gasteiger partial charge in [0.05, 0.1) is 30.2 Å². The zero-order valence-electron chi connectivity index (χ0n) is 15.0. The van der Waals surface area contributed by atoms with E-state index in [4.69, 9.17) is 4.74 Å². The normalized spacial score (nSPS) is 16.2. The summed E-state index contributed by atoms with van der Waals surface area (Å²) in [4.78, 5) is 12.4. The number of nitrogens with one attached hydrogen (secondary N) is 2. The number of hydrogen-bond acceptors (Lipinski definition) is 4. The van der Waals surface area contributed by atoms with Crippen LogP contribution in [-0.4, -0.2) is 35.4 Å². The highest BCUT2D eigenvalue weighted by molar-refractivity contribution is 6.04. The highest BCUT2D eigenvalue weighted by Crippen LogP contribution is 2.21. The number of carbonyl (C=O) groups is 1. The molecule has 2 heterocycles. The van der Waals surface area contributed by atoms with Crippen LogP contribution in [0.1, 0.15) is 22.0 Å². The van der Waals surface area contributed by atoms with Crippen molar-refractivity contribution in [1.29, 1.82) is 0 Å². The van der Waals surface area contributed by atoms with E-state index >= 15 is 0 Å². The molecule has 2 N–H and O–H groups in total. The molecule has 3 aromatic rings. The van der Waals surface area contributed by atoms with Crippen LogP contribution in [0.3, 0.4) is 0 Å². The van der Waals surface area contributed by atoms with Crippen LogP contribution in [0.5, 0.6) is 0 Å². The van der Waals surface area contributed by atoms with Gasteiger partial charge in [-0.3, -0.25) is 4.79 Å². The number of halogens is 2. The van der Waals surface area contributed by atoms with Crippen molar-refractivity contribution < 1.29 is 13.9 Å². The first-order chi connectivity index (χ1) is 13.2. The maximum absolute atomic E-state index is 13.0. The molecule has 6 nitrogen and oxygen atoms in total.